The first-order valence-corrected chi connectivity index (χ1v) is 8.27. The van der Waals surface area contributed by atoms with Crippen molar-refractivity contribution in [3.8, 4) is 0 Å². The number of imide groups is 1. The molecule has 3 amide bonds. The van der Waals surface area contributed by atoms with Crippen LogP contribution in [-0.2, 0) is 16.1 Å². The van der Waals surface area contributed by atoms with Crippen LogP contribution in [0.25, 0.3) is 0 Å². The average Bonchev–Trinajstić information content (AvgIpc) is 2.82. The molecular formula is C18H23N3O3. The van der Waals surface area contributed by atoms with E-state index in [4.69, 9.17) is 0 Å². The second-order valence-electron chi connectivity index (χ2n) is 7.65. The third-order valence-corrected chi connectivity index (χ3v) is 4.39. The normalized spacial score (nSPS) is 20.9. The molecule has 2 aliphatic rings. The van der Waals surface area contributed by atoms with E-state index in [-0.39, 0.29) is 29.6 Å². The Bertz CT molecular complexity index is 706. The third-order valence-electron chi connectivity index (χ3n) is 4.39. The number of rotatable bonds is 3. The molecule has 1 fully saturated rings. The summed E-state index contributed by atoms with van der Waals surface area (Å²) in [5.74, 6) is -0.788. The van der Waals surface area contributed by atoms with Gasteiger partial charge in [-0.1, -0.05) is 26.8 Å². The van der Waals surface area contributed by atoms with Crippen molar-refractivity contribution in [2.75, 3.05) is 11.9 Å². The highest BCUT2D eigenvalue weighted by Crippen LogP contribution is 2.32. The molecule has 1 saturated heterocycles. The molecule has 2 N–H and O–H groups in total. The first-order chi connectivity index (χ1) is 11.3. The van der Waals surface area contributed by atoms with Gasteiger partial charge in [-0.3, -0.25) is 19.7 Å². The number of piperidine rings is 1. The molecular weight excluding hydrogens is 306 g/mol. The van der Waals surface area contributed by atoms with Crippen molar-refractivity contribution in [1.29, 1.82) is 0 Å². The van der Waals surface area contributed by atoms with Crippen molar-refractivity contribution >= 4 is 23.4 Å². The Kier molecular flexibility index (Phi) is 4.07. The number of hydrogen-bond donors (Lipinski definition) is 2. The fraction of sp³-hybridized carbons (Fsp3) is 0.500. The Morgan fingerprint density at radius 2 is 2.00 bits per heavy atom. The number of hydrogen-bond acceptors (Lipinski definition) is 4. The molecule has 1 unspecified atom stereocenters. The minimum atomic E-state index is -0.571. The van der Waals surface area contributed by atoms with Gasteiger partial charge in [0, 0.05) is 36.3 Å². The minimum absolute atomic E-state index is 0.120. The zero-order chi connectivity index (χ0) is 17.5. The summed E-state index contributed by atoms with van der Waals surface area (Å²) in [5.41, 5.74) is 2.62. The molecule has 1 aromatic carbocycles. The second-order valence-corrected chi connectivity index (χ2v) is 7.65. The standard InChI is InChI=1S/C18H23N3O3/c1-18(2,3)10-19-13-6-4-5-11-12(13)9-21(17(11)24)14-7-8-15(22)20-16(14)23/h4-6,14,19H,7-10H2,1-3H3,(H,20,22,23). The van der Waals surface area contributed by atoms with Crippen LogP contribution in [0.4, 0.5) is 5.69 Å². The molecule has 3 rings (SSSR count). The summed E-state index contributed by atoms with van der Waals surface area (Å²) >= 11 is 0. The zero-order valence-corrected chi connectivity index (χ0v) is 14.3. The molecule has 0 saturated carbocycles. The number of nitrogens with zero attached hydrogens (tertiary/aromatic N) is 1. The van der Waals surface area contributed by atoms with Crippen molar-refractivity contribution in [3.63, 3.8) is 0 Å². The van der Waals surface area contributed by atoms with Gasteiger partial charge in [0.05, 0.1) is 0 Å². The Balaban J connectivity index is 1.82. The van der Waals surface area contributed by atoms with E-state index in [0.717, 1.165) is 17.8 Å². The third kappa shape index (κ3) is 3.13. The first kappa shape index (κ1) is 16.5. The quantitative estimate of drug-likeness (QED) is 0.830. The number of amides is 3. The molecule has 2 aliphatic heterocycles. The number of benzene rings is 1. The van der Waals surface area contributed by atoms with E-state index < -0.39 is 6.04 Å². The summed E-state index contributed by atoms with van der Waals surface area (Å²) in [6.45, 7) is 7.61. The van der Waals surface area contributed by atoms with Gasteiger partial charge in [0.15, 0.2) is 0 Å². The van der Waals surface area contributed by atoms with Gasteiger partial charge < -0.3 is 10.2 Å². The van der Waals surface area contributed by atoms with Crippen molar-refractivity contribution in [2.45, 2.75) is 46.2 Å². The van der Waals surface area contributed by atoms with E-state index in [1.165, 1.54) is 0 Å². The lowest BCUT2D eigenvalue weighted by Crippen LogP contribution is -2.52. The van der Waals surface area contributed by atoms with Gasteiger partial charge in [0.2, 0.25) is 11.8 Å². The molecule has 24 heavy (non-hydrogen) atoms. The SMILES string of the molecule is CC(C)(C)CNc1cccc2c1CN(C1CCC(=O)NC1=O)C2=O. The van der Waals surface area contributed by atoms with Crippen LogP contribution >= 0.6 is 0 Å². The summed E-state index contributed by atoms with van der Waals surface area (Å²) < 4.78 is 0. The van der Waals surface area contributed by atoms with E-state index in [9.17, 15) is 14.4 Å². The molecule has 6 heteroatoms. The van der Waals surface area contributed by atoms with Crippen LogP contribution < -0.4 is 10.6 Å². The van der Waals surface area contributed by atoms with Gasteiger partial charge in [-0.2, -0.15) is 0 Å². The summed E-state index contributed by atoms with van der Waals surface area (Å²) in [4.78, 5) is 37.7. The van der Waals surface area contributed by atoms with Crippen LogP contribution in [0.1, 0.15) is 49.5 Å². The fourth-order valence-electron chi connectivity index (χ4n) is 3.11. The Morgan fingerprint density at radius 3 is 2.67 bits per heavy atom. The average molecular weight is 329 g/mol. The van der Waals surface area contributed by atoms with Gasteiger partial charge >= 0.3 is 0 Å². The fourth-order valence-corrected chi connectivity index (χ4v) is 3.11. The van der Waals surface area contributed by atoms with Crippen LogP contribution in [0.5, 0.6) is 0 Å². The Morgan fingerprint density at radius 1 is 1.25 bits per heavy atom. The number of carbonyl (C=O) groups excluding carboxylic acids is 3. The van der Waals surface area contributed by atoms with E-state index >= 15 is 0 Å². The highest BCUT2D eigenvalue weighted by molar-refractivity contribution is 6.06. The van der Waals surface area contributed by atoms with Crippen LogP contribution in [0.3, 0.4) is 0 Å². The second kappa shape index (κ2) is 5.92. The van der Waals surface area contributed by atoms with Crippen LogP contribution in [-0.4, -0.2) is 35.2 Å². The maximum Gasteiger partial charge on any atom is 0.255 e. The molecule has 6 nitrogen and oxygen atoms in total. The molecule has 2 heterocycles. The van der Waals surface area contributed by atoms with E-state index in [1.54, 1.807) is 11.0 Å². The number of fused-ring (bicyclic) bond motifs is 1. The van der Waals surface area contributed by atoms with E-state index in [2.05, 4.69) is 31.4 Å². The van der Waals surface area contributed by atoms with Crippen molar-refractivity contribution in [2.24, 2.45) is 5.41 Å². The summed E-state index contributed by atoms with van der Waals surface area (Å²) in [6.07, 6.45) is 0.654. The van der Waals surface area contributed by atoms with Crippen molar-refractivity contribution < 1.29 is 14.4 Å². The molecule has 128 valence electrons. The highest BCUT2D eigenvalue weighted by Gasteiger charge is 2.39. The Labute approximate surface area is 141 Å². The number of carbonyl (C=O) groups is 3. The summed E-state index contributed by atoms with van der Waals surface area (Å²) in [7, 11) is 0. The van der Waals surface area contributed by atoms with E-state index in [0.29, 0.717) is 18.5 Å². The predicted molar refractivity (Wildman–Crippen MR) is 90.4 cm³/mol. The van der Waals surface area contributed by atoms with Crippen LogP contribution in [0, 0.1) is 5.41 Å². The Hall–Kier alpha value is -2.37. The molecule has 1 aromatic rings. The zero-order valence-electron chi connectivity index (χ0n) is 14.3. The van der Waals surface area contributed by atoms with Crippen LogP contribution in [0.15, 0.2) is 18.2 Å². The molecule has 0 aliphatic carbocycles. The number of anilines is 1. The van der Waals surface area contributed by atoms with Gasteiger partial charge in [-0.05, 0) is 24.0 Å². The smallest absolute Gasteiger partial charge is 0.255 e. The molecule has 0 aromatic heterocycles. The van der Waals surface area contributed by atoms with Gasteiger partial charge in [0.25, 0.3) is 5.91 Å². The lowest BCUT2D eigenvalue weighted by atomic mass is 9.96. The van der Waals surface area contributed by atoms with Gasteiger partial charge in [-0.15, -0.1) is 0 Å². The maximum absolute atomic E-state index is 12.7. The number of nitrogens with one attached hydrogen (secondary N) is 2. The van der Waals surface area contributed by atoms with E-state index in [1.807, 2.05) is 12.1 Å². The molecule has 0 bridgehead atoms. The lowest BCUT2D eigenvalue weighted by Gasteiger charge is -2.29. The predicted octanol–water partition coefficient (Wildman–Crippen LogP) is 1.91. The maximum atomic E-state index is 12.7. The summed E-state index contributed by atoms with van der Waals surface area (Å²) in [5, 5.41) is 5.74. The molecule has 0 radical (unpaired) electrons. The lowest BCUT2D eigenvalue weighted by molar-refractivity contribution is -0.136. The largest absolute Gasteiger partial charge is 0.384 e. The topological polar surface area (TPSA) is 78.5 Å². The first-order valence-electron chi connectivity index (χ1n) is 8.27. The highest BCUT2D eigenvalue weighted by atomic mass is 16.2. The molecule has 1 atom stereocenters. The van der Waals surface area contributed by atoms with Crippen LogP contribution in [0.2, 0.25) is 0 Å². The van der Waals surface area contributed by atoms with Crippen molar-refractivity contribution in [1.82, 2.24) is 10.2 Å². The minimum Gasteiger partial charge on any atom is -0.384 e. The van der Waals surface area contributed by atoms with Crippen molar-refractivity contribution in [3.05, 3.63) is 29.3 Å². The summed E-state index contributed by atoms with van der Waals surface area (Å²) in [6, 6.07) is 5.05. The van der Waals surface area contributed by atoms with Gasteiger partial charge in [0.1, 0.15) is 6.04 Å². The monoisotopic (exact) mass is 329 g/mol. The van der Waals surface area contributed by atoms with Gasteiger partial charge in [-0.25, -0.2) is 0 Å². The molecule has 0 spiro atoms.